The van der Waals surface area contributed by atoms with E-state index in [-0.39, 0.29) is 6.10 Å². The summed E-state index contributed by atoms with van der Waals surface area (Å²) in [5.41, 5.74) is 1.75. The van der Waals surface area contributed by atoms with Gasteiger partial charge >= 0.3 is 6.09 Å². The van der Waals surface area contributed by atoms with Gasteiger partial charge < -0.3 is 14.3 Å². The molecule has 6 heteroatoms. The topological polar surface area (TPSA) is 60.4 Å². The molecule has 1 amide bonds. The van der Waals surface area contributed by atoms with Crippen LogP contribution in [0.4, 0.5) is 4.79 Å². The lowest BCUT2D eigenvalue weighted by atomic mass is 9.93. The zero-order valence-electron chi connectivity index (χ0n) is 14.2. The third-order valence-corrected chi connectivity index (χ3v) is 4.42. The second-order valence-electron chi connectivity index (χ2n) is 5.99. The second-order valence-corrected chi connectivity index (χ2v) is 5.99. The van der Waals surface area contributed by atoms with E-state index in [0.29, 0.717) is 5.90 Å². The molecule has 1 unspecified atom stereocenters. The summed E-state index contributed by atoms with van der Waals surface area (Å²) in [4.78, 5) is 19.5. The normalized spacial score (nSPS) is 24.0. The van der Waals surface area contributed by atoms with Gasteiger partial charge in [0.05, 0.1) is 7.11 Å². The first-order valence-corrected chi connectivity index (χ1v) is 8.33. The minimum absolute atomic E-state index is 0.367. The van der Waals surface area contributed by atoms with Gasteiger partial charge in [0.2, 0.25) is 0 Å². The summed E-state index contributed by atoms with van der Waals surface area (Å²) >= 11 is 0. The predicted octanol–water partition coefficient (Wildman–Crippen LogP) is 3.47. The second kappa shape index (κ2) is 6.92. The Balaban J connectivity index is 1.68. The molecule has 3 atom stereocenters. The fourth-order valence-electron chi connectivity index (χ4n) is 3.18. The molecule has 4 rings (SSSR count). The van der Waals surface area contributed by atoms with Crippen LogP contribution in [0.3, 0.4) is 0 Å². The smallest absolute Gasteiger partial charge is 0.414 e. The highest BCUT2D eigenvalue weighted by atomic mass is 16.7. The Bertz CT molecular complexity index is 835. The molecular weight excluding hydrogens is 332 g/mol. The Kier molecular flexibility index (Phi) is 4.31. The first kappa shape index (κ1) is 16.2. The van der Waals surface area contributed by atoms with Crippen LogP contribution in [0.25, 0.3) is 0 Å². The summed E-state index contributed by atoms with van der Waals surface area (Å²) < 4.78 is 11.0. The van der Waals surface area contributed by atoms with Crippen LogP contribution in [0, 0.1) is 0 Å². The molecule has 2 aliphatic heterocycles. The van der Waals surface area contributed by atoms with Crippen LogP contribution in [0.5, 0.6) is 0 Å². The molecule has 0 bridgehead atoms. The third kappa shape index (κ3) is 2.90. The van der Waals surface area contributed by atoms with Gasteiger partial charge in [-0.1, -0.05) is 48.5 Å². The monoisotopic (exact) mass is 350 g/mol. The number of carbonyl (C=O) groups excluding carboxylic acids is 1. The molecule has 6 nitrogen and oxygen atoms in total. The van der Waals surface area contributed by atoms with Gasteiger partial charge in [-0.15, -0.1) is 0 Å². The highest BCUT2D eigenvalue weighted by Crippen LogP contribution is 2.36. The molecule has 2 heterocycles. The van der Waals surface area contributed by atoms with Gasteiger partial charge in [-0.2, -0.15) is 0 Å². The SMILES string of the molecule is COC(=O)N1C=CC2OC(c3ccccc3)=NO[C@H]2[C@@H]1c1ccccc1. The van der Waals surface area contributed by atoms with E-state index < -0.39 is 18.2 Å². The number of carbonyl (C=O) groups is 1. The summed E-state index contributed by atoms with van der Waals surface area (Å²) in [6.07, 6.45) is 2.17. The molecule has 26 heavy (non-hydrogen) atoms. The molecule has 0 saturated carbocycles. The van der Waals surface area contributed by atoms with Gasteiger partial charge in [-0.3, -0.25) is 4.90 Å². The van der Waals surface area contributed by atoms with E-state index in [1.807, 2.05) is 60.7 Å². The number of hydrogen-bond donors (Lipinski definition) is 0. The molecular formula is C20H18N2O4. The number of rotatable bonds is 2. The summed E-state index contributed by atoms with van der Waals surface area (Å²) in [7, 11) is 1.36. The summed E-state index contributed by atoms with van der Waals surface area (Å²) in [6.45, 7) is 0. The van der Waals surface area contributed by atoms with Gasteiger partial charge in [0.25, 0.3) is 5.90 Å². The van der Waals surface area contributed by atoms with Crippen LogP contribution >= 0.6 is 0 Å². The van der Waals surface area contributed by atoms with Crippen molar-refractivity contribution in [2.75, 3.05) is 7.11 Å². The van der Waals surface area contributed by atoms with Gasteiger partial charge in [0.1, 0.15) is 6.04 Å². The van der Waals surface area contributed by atoms with E-state index in [9.17, 15) is 4.79 Å². The number of methoxy groups -OCH3 is 1. The van der Waals surface area contributed by atoms with Crippen molar-refractivity contribution in [3.05, 3.63) is 84.1 Å². The molecule has 0 fully saturated rings. The minimum atomic E-state index is -0.478. The van der Waals surface area contributed by atoms with E-state index in [1.54, 1.807) is 12.3 Å². The Morgan fingerprint density at radius 2 is 1.77 bits per heavy atom. The van der Waals surface area contributed by atoms with E-state index in [0.717, 1.165) is 11.1 Å². The fourth-order valence-corrected chi connectivity index (χ4v) is 3.18. The Morgan fingerprint density at radius 1 is 1.08 bits per heavy atom. The number of ether oxygens (including phenoxy) is 2. The van der Waals surface area contributed by atoms with E-state index in [1.165, 1.54) is 12.0 Å². The molecule has 0 saturated heterocycles. The number of benzene rings is 2. The summed E-state index contributed by atoms with van der Waals surface area (Å²) in [6, 6.07) is 18.8. The van der Waals surface area contributed by atoms with E-state index in [4.69, 9.17) is 14.3 Å². The zero-order valence-corrected chi connectivity index (χ0v) is 14.2. The zero-order chi connectivity index (χ0) is 17.9. The maximum atomic E-state index is 12.2. The molecule has 0 radical (unpaired) electrons. The van der Waals surface area contributed by atoms with Crippen LogP contribution < -0.4 is 0 Å². The van der Waals surface area contributed by atoms with Crippen molar-refractivity contribution in [2.45, 2.75) is 18.2 Å². The molecule has 0 aromatic heterocycles. The number of oxime groups is 1. The summed E-state index contributed by atoms with van der Waals surface area (Å²) in [5, 5.41) is 4.16. The first-order valence-electron chi connectivity index (χ1n) is 8.33. The van der Waals surface area contributed by atoms with Crippen molar-refractivity contribution in [3.8, 4) is 0 Å². The van der Waals surface area contributed by atoms with Crippen LogP contribution in [-0.2, 0) is 14.3 Å². The first-order chi connectivity index (χ1) is 12.8. The largest absolute Gasteiger partial charge is 0.463 e. The quantitative estimate of drug-likeness (QED) is 0.832. The van der Waals surface area contributed by atoms with Gasteiger partial charge in [0.15, 0.2) is 12.2 Å². The predicted molar refractivity (Wildman–Crippen MR) is 95.3 cm³/mol. The molecule has 2 aromatic carbocycles. The number of nitrogens with zero attached hydrogens (tertiary/aromatic N) is 2. The molecule has 2 aromatic rings. The standard InChI is InChI=1S/C20H18N2O4/c1-24-20(23)22-13-12-16-18(17(22)14-8-4-2-5-9-14)26-21-19(25-16)15-10-6-3-7-11-15/h2-13,16-18H,1H3/t16?,17-,18+/m0/s1. The number of fused-ring (bicyclic) bond motifs is 1. The van der Waals surface area contributed by atoms with Crippen LogP contribution in [0.1, 0.15) is 17.2 Å². The number of hydrogen-bond acceptors (Lipinski definition) is 5. The molecule has 0 spiro atoms. The average molecular weight is 350 g/mol. The van der Waals surface area contributed by atoms with Crippen molar-refractivity contribution in [1.82, 2.24) is 4.90 Å². The lowest BCUT2D eigenvalue weighted by Gasteiger charge is -2.41. The molecule has 132 valence electrons. The molecule has 2 aliphatic rings. The van der Waals surface area contributed by atoms with Crippen LogP contribution in [0.15, 0.2) is 78.1 Å². The average Bonchev–Trinajstić information content (AvgIpc) is 2.73. The summed E-state index contributed by atoms with van der Waals surface area (Å²) in [5.74, 6) is 0.426. The van der Waals surface area contributed by atoms with Crippen LogP contribution in [0.2, 0.25) is 0 Å². The minimum Gasteiger partial charge on any atom is -0.463 e. The maximum absolute atomic E-state index is 12.2. The van der Waals surface area contributed by atoms with Gasteiger partial charge in [-0.25, -0.2) is 4.79 Å². The van der Waals surface area contributed by atoms with Crippen LogP contribution in [-0.4, -0.2) is 36.2 Å². The van der Waals surface area contributed by atoms with Crippen molar-refractivity contribution < 1.29 is 19.1 Å². The highest BCUT2D eigenvalue weighted by Gasteiger charge is 2.44. The highest BCUT2D eigenvalue weighted by molar-refractivity contribution is 5.94. The third-order valence-electron chi connectivity index (χ3n) is 4.42. The van der Waals surface area contributed by atoms with E-state index >= 15 is 0 Å². The van der Waals surface area contributed by atoms with Crippen molar-refractivity contribution in [2.24, 2.45) is 5.16 Å². The Labute approximate surface area is 151 Å². The maximum Gasteiger partial charge on any atom is 0.414 e. The lowest BCUT2D eigenvalue weighted by Crippen LogP contribution is -2.49. The van der Waals surface area contributed by atoms with E-state index in [2.05, 4.69) is 5.16 Å². The van der Waals surface area contributed by atoms with Crippen molar-refractivity contribution >= 4 is 12.0 Å². The van der Waals surface area contributed by atoms with Crippen molar-refractivity contribution in [3.63, 3.8) is 0 Å². The van der Waals surface area contributed by atoms with Gasteiger partial charge in [0, 0.05) is 11.8 Å². The Hall–Kier alpha value is -3.28. The molecule has 0 aliphatic carbocycles. The molecule has 0 N–H and O–H groups in total. The van der Waals surface area contributed by atoms with Crippen molar-refractivity contribution in [1.29, 1.82) is 0 Å². The fraction of sp³-hybridized carbons (Fsp3) is 0.200. The lowest BCUT2D eigenvalue weighted by molar-refractivity contribution is -0.0838. The van der Waals surface area contributed by atoms with Gasteiger partial charge in [-0.05, 0) is 28.9 Å². The number of amides is 1. The Morgan fingerprint density at radius 3 is 2.46 bits per heavy atom.